The van der Waals surface area contributed by atoms with Gasteiger partial charge in [-0.15, -0.1) is 12.4 Å². The third kappa shape index (κ3) is 3.51. The van der Waals surface area contributed by atoms with Crippen LogP contribution in [0.2, 0.25) is 0 Å². The second-order valence-electron chi connectivity index (χ2n) is 1.35. The Bertz CT molecular complexity index is 111. The second kappa shape index (κ2) is 4.79. The quantitative estimate of drug-likeness (QED) is 0.320. The Morgan fingerprint density at radius 1 is 1.11 bits per heavy atom. The number of cyclic esters (lactones) is 2. The van der Waals surface area contributed by atoms with Crippen LogP contribution in [-0.4, -0.2) is 11.9 Å². The van der Waals surface area contributed by atoms with Crippen LogP contribution in [-0.2, 0) is 31.4 Å². The summed E-state index contributed by atoms with van der Waals surface area (Å²) in [6.07, 6.45) is 0.525. The summed E-state index contributed by atoms with van der Waals surface area (Å²) in [5, 5.41) is 0. The predicted molar refractivity (Wildman–Crippen MR) is 27.6 cm³/mol. The molecule has 0 aromatic rings. The van der Waals surface area contributed by atoms with Gasteiger partial charge in [0.2, 0.25) is 0 Å². The first-order chi connectivity index (χ1) is 3.29. The fourth-order valence-electron chi connectivity index (χ4n) is 0.433. The minimum absolute atomic E-state index is 0. The summed E-state index contributed by atoms with van der Waals surface area (Å²) in [6.45, 7) is 0. The van der Waals surface area contributed by atoms with Crippen LogP contribution in [0.5, 0.6) is 0 Å². The standard InChI is InChI=1S/C4H4O3.ClH.Cu/c5-3-1-2-4(6)7-3;;/h1-2H2;1H;. The van der Waals surface area contributed by atoms with Gasteiger partial charge >= 0.3 is 11.9 Å². The van der Waals surface area contributed by atoms with Crippen molar-refractivity contribution < 1.29 is 31.4 Å². The van der Waals surface area contributed by atoms with Gasteiger partial charge in [-0.2, -0.15) is 0 Å². The number of hydrogen-bond donors (Lipinski definition) is 0. The molecule has 1 heterocycles. The molecule has 1 aliphatic rings. The molecular formula is C4H5ClCuO3. The Hall–Kier alpha value is -0.0505. The number of carbonyl (C=O) groups excluding carboxylic acids is 2. The Kier molecular flexibility index (Phi) is 6.24. The van der Waals surface area contributed by atoms with Crippen LogP contribution in [0.4, 0.5) is 0 Å². The third-order valence-corrected chi connectivity index (χ3v) is 0.761. The van der Waals surface area contributed by atoms with E-state index in [-0.39, 0.29) is 42.3 Å². The summed E-state index contributed by atoms with van der Waals surface area (Å²) < 4.78 is 4.08. The molecule has 1 aliphatic heterocycles. The van der Waals surface area contributed by atoms with Crippen molar-refractivity contribution in [2.45, 2.75) is 12.8 Å². The zero-order chi connectivity index (χ0) is 5.28. The summed E-state index contributed by atoms with van der Waals surface area (Å²) in [4.78, 5) is 20.0. The van der Waals surface area contributed by atoms with Crippen molar-refractivity contribution >= 4 is 24.3 Å². The van der Waals surface area contributed by atoms with Crippen molar-refractivity contribution in [1.29, 1.82) is 0 Å². The van der Waals surface area contributed by atoms with E-state index in [2.05, 4.69) is 4.74 Å². The summed E-state index contributed by atoms with van der Waals surface area (Å²) in [6, 6.07) is 0. The van der Waals surface area contributed by atoms with Crippen LogP contribution in [0.1, 0.15) is 12.8 Å². The number of esters is 2. The largest absolute Gasteiger partial charge is 0.393 e. The summed E-state index contributed by atoms with van der Waals surface area (Å²) in [7, 11) is 0. The number of hydrogen-bond acceptors (Lipinski definition) is 3. The molecule has 57 valence electrons. The van der Waals surface area contributed by atoms with Crippen molar-refractivity contribution in [3.8, 4) is 0 Å². The van der Waals surface area contributed by atoms with Gasteiger partial charge in [-0.05, 0) is 0 Å². The molecule has 0 bridgehead atoms. The first-order valence-electron chi connectivity index (χ1n) is 2.02. The molecule has 0 amide bonds. The molecule has 0 aromatic carbocycles. The van der Waals surface area contributed by atoms with E-state index >= 15 is 0 Å². The third-order valence-electron chi connectivity index (χ3n) is 0.761. The molecule has 0 aromatic heterocycles. The van der Waals surface area contributed by atoms with E-state index in [4.69, 9.17) is 0 Å². The molecule has 0 spiro atoms. The maximum Gasteiger partial charge on any atom is 0.314 e. The molecule has 1 fully saturated rings. The summed E-state index contributed by atoms with van der Waals surface area (Å²) >= 11 is 0. The molecule has 3 nitrogen and oxygen atoms in total. The van der Waals surface area contributed by atoms with Crippen LogP contribution >= 0.6 is 12.4 Å². The normalized spacial score (nSPS) is 15.6. The van der Waals surface area contributed by atoms with Gasteiger partial charge in [0.05, 0.1) is 12.8 Å². The first-order valence-corrected chi connectivity index (χ1v) is 2.02. The Labute approximate surface area is 69.0 Å². The molecule has 1 saturated heterocycles. The molecule has 0 aliphatic carbocycles. The van der Waals surface area contributed by atoms with Gasteiger partial charge in [0, 0.05) is 17.1 Å². The minimum Gasteiger partial charge on any atom is -0.393 e. The van der Waals surface area contributed by atoms with Crippen molar-refractivity contribution in [1.82, 2.24) is 0 Å². The summed E-state index contributed by atoms with van der Waals surface area (Å²) in [5.74, 6) is -0.796. The van der Waals surface area contributed by atoms with Crippen molar-refractivity contribution in [2.24, 2.45) is 0 Å². The van der Waals surface area contributed by atoms with E-state index in [1.165, 1.54) is 0 Å². The van der Waals surface area contributed by atoms with E-state index in [0.29, 0.717) is 0 Å². The average molecular weight is 200 g/mol. The average Bonchev–Trinajstić information content (AvgIpc) is 1.87. The maximum absolute atomic E-state index is 10.0. The van der Waals surface area contributed by atoms with E-state index < -0.39 is 11.9 Å². The van der Waals surface area contributed by atoms with Crippen molar-refractivity contribution in [2.75, 3.05) is 0 Å². The Morgan fingerprint density at radius 2 is 1.44 bits per heavy atom. The van der Waals surface area contributed by atoms with Crippen LogP contribution in [0.25, 0.3) is 0 Å². The smallest absolute Gasteiger partial charge is 0.314 e. The molecule has 0 unspecified atom stereocenters. The Morgan fingerprint density at radius 3 is 1.56 bits per heavy atom. The molecule has 0 N–H and O–H groups in total. The van der Waals surface area contributed by atoms with Gasteiger partial charge in [0.1, 0.15) is 0 Å². The van der Waals surface area contributed by atoms with Crippen molar-refractivity contribution in [3.63, 3.8) is 0 Å². The molecule has 9 heavy (non-hydrogen) atoms. The van der Waals surface area contributed by atoms with Gasteiger partial charge in [-0.25, -0.2) is 0 Å². The fraction of sp³-hybridized carbons (Fsp3) is 0.500. The Balaban J connectivity index is 0. The van der Waals surface area contributed by atoms with Crippen LogP contribution in [0, 0.1) is 0 Å². The van der Waals surface area contributed by atoms with Crippen LogP contribution in [0.15, 0.2) is 0 Å². The molecule has 0 saturated carbocycles. The van der Waals surface area contributed by atoms with Gasteiger partial charge < -0.3 is 4.74 Å². The molecular weight excluding hydrogens is 195 g/mol. The van der Waals surface area contributed by atoms with E-state index in [1.807, 2.05) is 0 Å². The molecule has 1 radical (unpaired) electrons. The topological polar surface area (TPSA) is 43.4 Å². The number of ether oxygens (including phenoxy) is 1. The van der Waals surface area contributed by atoms with Gasteiger partial charge in [0.25, 0.3) is 0 Å². The molecule has 1 rings (SSSR count). The predicted octanol–water partition coefficient (Wildman–Crippen LogP) is 0.269. The zero-order valence-electron chi connectivity index (χ0n) is 4.35. The van der Waals surface area contributed by atoms with E-state index in [9.17, 15) is 9.59 Å². The van der Waals surface area contributed by atoms with E-state index in [1.54, 1.807) is 0 Å². The second-order valence-corrected chi connectivity index (χ2v) is 1.35. The van der Waals surface area contributed by atoms with Gasteiger partial charge in [0.15, 0.2) is 0 Å². The number of carbonyl (C=O) groups is 2. The van der Waals surface area contributed by atoms with Crippen LogP contribution in [0.3, 0.4) is 0 Å². The molecule has 0 atom stereocenters. The monoisotopic (exact) mass is 199 g/mol. The number of rotatable bonds is 0. The SMILES string of the molecule is Cl.O=C1CCC(=O)O1.[Cu]. The fourth-order valence-corrected chi connectivity index (χ4v) is 0.433. The first kappa shape index (κ1) is 11.7. The van der Waals surface area contributed by atoms with E-state index in [0.717, 1.165) is 0 Å². The van der Waals surface area contributed by atoms with Gasteiger partial charge in [-0.3, -0.25) is 9.59 Å². The zero-order valence-corrected chi connectivity index (χ0v) is 6.11. The minimum atomic E-state index is -0.398. The summed E-state index contributed by atoms with van der Waals surface area (Å²) in [5.41, 5.74) is 0. The van der Waals surface area contributed by atoms with Crippen molar-refractivity contribution in [3.05, 3.63) is 0 Å². The molecule has 5 heteroatoms. The maximum atomic E-state index is 10.0. The van der Waals surface area contributed by atoms with Crippen LogP contribution < -0.4 is 0 Å². The van der Waals surface area contributed by atoms with Gasteiger partial charge in [-0.1, -0.05) is 0 Å². The number of halogens is 1.